The summed E-state index contributed by atoms with van der Waals surface area (Å²) in [6.45, 7) is 1.12. The molecule has 0 bridgehead atoms. The van der Waals surface area contributed by atoms with Crippen molar-refractivity contribution in [3.63, 3.8) is 0 Å². The van der Waals surface area contributed by atoms with Gasteiger partial charge in [0.15, 0.2) is 0 Å². The van der Waals surface area contributed by atoms with Gasteiger partial charge in [-0.3, -0.25) is 4.79 Å². The van der Waals surface area contributed by atoms with Crippen molar-refractivity contribution in [3.8, 4) is 0 Å². The molecule has 3 rings (SSSR count). The Morgan fingerprint density at radius 3 is 1.62 bits per heavy atom. The third-order valence-electron chi connectivity index (χ3n) is 5.41. The van der Waals surface area contributed by atoms with Gasteiger partial charge in [-0.1, -0.05) is 97.9 Å². The maximum absolute atomic E-state index is 13.8. The Morgan fingerprint density at radius 2 is 1.21 bits per heavy atom. The van der Waals surface area contributed by atoms with E-state index in [-0.39, 0.29) is 5.92 Å². The van der Waals surface area contributed by atoms with E-state index in [0.29, 0.717) is 0 Å². The predicted molar refractivity (Wildman–Crippen MR) is 113 cm³/mol. The third-order valence-corrected chi connectivity index (χ3v) is 5.41. The molecule has 1 unspecified atom stereocenters. The van der Waals surface area contributed by atoms with E-state index in [1.807, 2.05) is 97.9 Å². The number of benzene rings is 3. The summed E-state index contributed by atoms with van der Waals surface area (Å²) in [4.78, 5) is 13.8. The van der Waals surface area contributed by atoms with Crippen molar-refractivity contribution in [2.24, 2.45) is 0 Å². The van der Waals surface area contributed by atoms with Gasteiger partial charge in [-0.2, -0.15) is 0 Å². The SMILES string of the molecule is CC(c1ccccc1)C(C(=O)OC(CO)CO)(c1ccccc1)c1ccccc1. The lowest BCUT2D eigenvalue weighted by molar-refractivity contribution is -0.159. The van der Waals surface area contributed by atoms with E-state index in [2.05, 4.69) is 0 Å². The summed E-state index contributed by atoms with van der Waals surface area (Å²) < 4.78 is 5.63. The quantitative estimate of drug-likeness (QED) is 0.576. The fraction of sp³-hybridized carbons (Fsp3) is 0.240. The Labute approximate surface area is 171 Å². The summed E-state index contributed by atoms with van der Waals surface area (Å²) in [5, 5.41) is 19.0. The van der Waals surface area contributed by atoms with E-state index in [1.54, 1.807) is 0 Å². The van der Waals surface area contributed by atoms with E-state index in [4.69, 9.17) is 4.74 Å². The molecule has 3 aromatic rings. The Bertz CT molecular complexity index is 850. The molecule has 2 N–H and O–H groups in total. The fourth-order valence-corrected chi connectivity index (χ4v) is 3.85. The number of hydrogen-bond donors (Lipinski definition) is 2. The molecule has 0 fully saturated rings. The number of carbonyl (C=O) groups is 1. The van der Waals surface area contributed by atoms with Gasteiger partial charge in [0.05, 0.1) is 13.2 Å². The van der Waals surface area contributed by atoms with E-state index in [1.165, 1.54) is 0 Å². The topological polar surface area (TPSA) is 66.8 Å². The zero-order chi connectivity index (χ0) is 20.7. The number of carbonyl (C=O) groups excluding carboxylic acids is 1. The normalized spacial score (nSPS) is 12.6. The number of aliphatic hydroxyl groups is 2. The third kappa shape index (κ3) is 4.09. The average molecular weight is 390 g/mol. The molecule has 29 heavy (non-hydrogen) atoms. The van der Waals surface area contributed by atoms with Crippen LogP contribution in [0.3, 0.4) is 0 Å². The molecular formula is C25H26O4. The Morgan fingerprint density at radius 1 is 0.793 bits per heavy atom. The Hall–Kier alpha value is -2.95. The van der Waals surface area contributed by atoms with Crippen LogP contribution in [-0.2, 0) is 14.9 Å². The Kier molecular flexibility index (Phi) is 6.81. The van der Waals surface area contributed by atoms with Crippen molar-refractivity contribution in [1.82, 2.24) is 0 Å². The van der Waals surface area contributed by atoms with Crippen LogP contribution in [0.1, 0.15) is 29.5 Å². The zero-order valence-electron chi connectivity index (χ0n) is 16.4. The first kappa shape index (κ1) is 20.8. The molecule has 0 amide bonds. The second-order valence-corrected chi connectivity index (χ2v) is 7.06. The van der Waals surface area contributed by atoms with Crippen LogP contribution in [0.25, 0.3) is 0 Å². The van der Waals surface area contributed by atoms with Gasteiger partial charge < -0.3 is 14.9 Å². The maximum atomic E-state index is 13.8. The highest BCUT2D eigenvalue weighted by Gasteiger charge is 2.49. The average Bonchev–Trinajstić information content (AvgIpc) is 2.80. The smallest absolute Gasteiger partial charge is 0.322 e. The van der Waals surface area contributed by atoms with Crippen LogP contribution in [0.5, 0.6) is 0 Å². The van der Waals surface area contributed by atoms with Crippen LogP contribution in [0, 0.1) is 0 Å². The lowest BCUT2D eigenvalue weighted by atomic mass is 9.64. The lowest BCUT2D eigenvalue weighted by Gasteiger charge is -2.39. The standard InChI is InChI=1S/C25H26O4/c1-19(20-11-5-2-6-12-20)25(21-13-7-3-8-14-21,22-15-9-4-10-16-22)24(28)29-23(17-26)18-27/h2-16,19,23,26-27H,17-18H2,1H3. The van der Waals surface area contributed by atoms with E-state index >= 15 is 0 Å². The second-order valence-electron chi connectivity index (χ2n) is 7.06. The zero-order valence-corrected chi connectivity index (χ0v) is 16.4. The van der Waals surface area contributed by atoms with Crippen molar-refractivity contribution in [1.29, 1.82) is 0 Å². The molecule has 0 aromatic heterocycles. The fourth-order valence-electron chi connectivity index (χ4n) is 3.85. The van der Waals surface area contributed by atoms with Crippen LogP contribution >= 0.6 is 0 Å². The molecular weight excluding hydrogens is 364 g/mol. The largest absolute Gasteiger partial charge is 0.457 e. The number of aliphatic hydroxyl groups excluding tert-OH is 2. The van der Waals surface area contributed by atoms with Crippen molar-refractivity contribution in [2.75, 3.05) is 13.2 Å². The van der Waals surface area contributed by atoms with Gasteiger partial charge in [0.2, 0.25) is 0 Å². The highest BCUT2D eigenvalue weighted by molar-refractivity contribution is 5.89. The van der Waals surface area contributed by atoms with Crippen LogP contribution in [0.15, 0.2) is 91.0 Å². The van der Waals surface area contributed by atoms with Crippen LogP contribution in [0.4, 0.5) is 0 Å². The summed E-state index contributed by atoms with van der Waals surface area (Å²) in [6, 6.07) is 28.9. The summed E-state index contributed by atoms with van der Waals surface area (Å²) in [6.07, 6.45) is -0.975. The molecule has 0 heterocycles. The minimum atomic E-state index is -1.15. The molecule has 0 aliphatic carbocycles. The van der Waals surface area contributed by atoms with Gasteiger partial charge in [0.1, 0.15) is 11.5 Å². The number of rotatable bonds is 8. The molecule has 1 atom stereocenters. The molecule has 150 valence electrons. The molecule has 4 nitrogen and oxygen atoms in total. The number of ether oxygens (including phenoxy) is 1. The van der Waals surface area contributed by atoms with Crippen molar-refractivity contribution >= 4 is 5.97 Å². The molecule has 0 spiro atoms. The maximum Gasteiger partial charge on any atom is 0.322 e. The molecule has 3 aromatic carbocycles. The monoisotopic (exact) mass is 390 g/mol. The molecule has 0 saturated heterocycles. The van der Waals surface area contributed by atoms with Gasteiger partial charge in [-0.15, -0.1) is 0 Å². The van der Waals surface area contributed by atoms with Crippen LogP contribution < -0.4 is 0 Å². The number of esters is 1. The minimum absolute atomic E-state index is 0.265. The Balaban J connectivity index is 2.26. The summed E-state index contributed by atoms with van der Waals surface area (Å²) in [7, 11) is 0. The van der Waals surface area contributed by atoms with Crippen molar-refractivity contribution in [2.45, 2.75) is 24.4 Å². The summed E-state index contributed by atoms with van der Waals surface area (Å²) in [5.74, 6) is -0.765. The van der Waals surface area contributed by atoms with E-state index in [0.717, 1.165) is 16.7 Å². The van der Waals surface area contributed by atoms with Gasteiger partial charge in [-0.25, -0.2) is 0 Å². The van der Waals surface area contributed by atoms with Crippen LogP contribution in [-0.4, -0.2) is 35.5 Å². The van der Waals surface area contributed by atoms with Gasteiger partial charge in [0.25, 0.3) is 0 Å². The second kappa shape index (κ2) is 9.50. The summed E-state index contributed by atoms with van der Waals surface area (Å²) >= 11 is 0. The van der Waals surface area contributed by atoms with E-state index < -0.39 is 30.7 Å². The first-order chi connectivity index (χ1) is 14.1. The predicted octanol–water partition coefficient (Wildman–Crippen LogP) is 3.67. The lowest BCUT2D eigenvalue weighted by Crippen LogP contribution is -2.45. The first-order valence-corrected chi connectivity index (χ1v) is 9.73. The highest BCUT2D eigenvalue weighted by atomic mass is 16.6. The van der Waals surface area contributed by atoms with E-state index in [9.17, 15) is 15.0 Å². The first-order valence-electron chi connectivity index (χ1n) is 9.73. The molecule has 0 aliphatic heterocycles. The molecule has 0 radical (unpaired) electrons. The molecule has 0 saturated carbocycles. The van der Waals surface area contributed by atoms with Gasteiger partial charge >= 0.3 is 5.97 Å². The van der Waals surface area contributed by atoms with Gasteiger partial charge in [0, 0.05) is 5.92 Å². The van der Waals surface area contributed by atoms with Crippen molar-refractivity contribution < 1.29 is 19.7 Å². The van der Waals surface area contributed by atoms with Crippen LogP contribution in [0.2, 0.25) is 0 Å². The van der Waals surface area contributed by atoms with Gasteiger partial charge in [-0.05, 0) is 16.7 Å². The summed E-state index contributed by atoms with van der Waals surface area (Å²) in [5.41, 5.74) is 1.43. The number of hydrogen-bond acceptors (Lipinski definition) is 4. The van der Waals surface area contributed by atoms with Crippen molar-refractivity contribution in [3.05, 3.63) is 108 Å². The highest BCUT2D eigenvalue weighted by Crippen LogP contribution is 2.45. The molecule has 0 aliphatic rings. The molecule has 4 heteroatoms. The minimum Gasteiger partial charge on any atom is -0.457 e.